The number of hydrogen-bond acceptors (Lipinski definition) is 4. The van der Waals surface area contributed by atoms with Crippen LogP contribution in [0.25, 0.3) is 0 Å². The molecule has 1 aromatic rings. The molecule has 144 valence electrons. The van der Waals surface area contributed by atoms with Crippen LogP contribution in [0.5, 0.6) is 0 Å². The van der Waals surface area contributed by atoms with Crippen molar-refractivity contribution in [2.75, 3.05) is 26.2 Å². The first-order chi connectivity index (χ1) is 12.6. The second kappa shape index (κ2) is 8.97. The summed E-state index contributed by atoms with van der Waals surface area (Å²) in [6, 6.07) is 7.22. The number of nitrogens with zero attached hydrogens (tertiary/aromatic N) is 1. The van der Waals surface area contributed by atoms with E-state index in [1.54, 1.807) is 16.4 Å². The molecule has 3 rings (SSSR count). The quantitative estimate of drug-likeness (QED) is 0.788. The van der Waals surface area contributed by atoms with E-state index in [0.29, 0.717) is 30.8 Å². The van der Waals surface area contributed by atoms with E-state index >= 15 is 0 Å². The molecule has 1 amide bonds. The highest BCUT2D eigenvalue weighted by Crippen LogP contribution is 2.21. The molecule has 0 spiro atoms. The fourth-order valence-corrected chi connectivity index (χ4v) is 5.13. The number of nitrogens with one attached hydrogen (secondary N) is 2. The van der Waals surface area contributed by atoms with E-state index < -0.39 is 10.0 Å². The molecule has 0 aliphatic carbocycles. The number of benzene rings is 1. The number of hydrogen-bond donors (Lipinski definition) is 2. The van der Waals surface area contributed by atoms with Crippen molar-refractivity contribution in [3.8, 4) is 0 Å². The smallest absolute Gasteiger partial charge is 0.243 e. The highest BCUT2D eigenvalue weighted by Gasteiger charge is 2.25. The summed E-state index contributed by atoms with van der Waals surface area (Å²) >= 11 is 0. The van der Waals surface area contributed by atoms with Crippen LogP contribution < -0.4 is 10.6 Å². The van der Waals surface area contributed by atoms with Gasteiger partial charge < -0.3 is 10.6 Å². The molecule has 2 aliphatic rings. The first kappa shape index (κ1) is 19.3. The third-order valence-corrected chi connectivity index (χ3v) is 7.09. The lowest BCUT2D eigenvalue weighted by atomic mass is 10.1. The fraction of sp³-hybridized carbons (Fsp3) is 0.632. The van der Waals surface area contributed by atoms with E-state index in [9.17, 15) is 13.2 Å². The van der Waals surface area contributed by atoms with Gasteiger partial charge in [0.1, 0.15) is 0 Å². The first-order valence-electron chi connectivity index (χ1n) is 9.65. The molecule has 2 aliphatic heterocycles. The number of piperidine rings is 2. The Hall–Kier alpha value is -1.44. The van der Waals surface area contributed by atoms with Gasteiger partial charge in [-0.1, -0.05) is 18.6 Å². The molecule has 7 heteroatoms. The largest absolute Gasteiger partial charge is 0.352 e. The first-order valence-corrected chi connectivity index (χ1v) is 11.1. The Morgan fingerprint density at radius 2 is 1.85 bits per heavy atom. The van der Waals surface area contributed by atoms with Crippen molar-refractivity contribution in [3.05, 3.63) is 29.8 Å². The molecule has 1 atom stereocenters. The Morgan fingerprint density at radius 1 is 1.12 bits per heavy atom. The van der Waals surface area contributed by atoms with E-state index in [1.165, 1.54) is 0 Å². The summed E-state index contributed by atoms with van der Waals surface area (Å²) in [6.07, 6.45) is 6.14. The van der Waals surface area contributed by atoms with Crippen LogP contribution in [0.4, 0.5) is 0 Å². The van der Waals surface area contributed by atoms with Crippen LogP contribution in [0.15, 0.2) is 29.2 Å². The topological polar surface area (TPSA) is 78.5 Å². The van der Waals surface area contributed by atoms with Crippen molar-refractivity contribution >= 4 is 15.9 Å². The molecule has 1 aromatic carbocycles. The zero-order chi connectivity index (χ0) is 18.4. The van der Waals surface area contributed by atoms with Crippen LogP contribution in [0.3, 0.4) is 0 Å². The molecule has 2 N–H and O–H groups in total. The minimum atomic E-state index is -3.38. The molecule has 0 aromatic heterocycles. The number of carbonyl (C=O) groups is 1. The van der Waals surface area contributed by atoms with Gasteiger partial charge in [-0.3, -0.25) is 4.79 Å². The molecule has 0 radical (unpaired) electrons. The highest BCUT2D eigenvalue weighted by atomic mass is 32.2. The maximum Gasteiger partial charge on any atom is 0.243 e. The molecule has 0 saturated carbocycles. The second-order valence-electron chi connectivity index (χ2n) is 7.22. The predicted molar refractivity (Wildman–Crippen MR) is 101 cm³/mol. The van der Waals surface area contributed by atoms with Crippen LogP contribution in [0.1, 0.15) is 44.1 Å². The van der Waals surface area contributed by atoms with E-state index in [-0.39, 0.29) is 11.9 Å². The standard InChI is InChI=1S/C19H29N3O3S/c23-19(21-17-5-4-12-20-15-17)11-8-16-6-9-18(10-7-16)26(24,25)22-13-2-1-3-14-22/h6-7,9-10,17,20H,1-5,8,11-15H2,(H,21,23)/t17-/m0/s1. The normalized spacial score (nSPS) is 22.1. The number of carbonyl (C=O) groups excluding carboxylic acids is 1. The van der Waals surface area contributed by atoms with Gasteiger partial charge >= 0.3 is 0 Å². The number of amides is 1. The van der Waals surface area contributed by atoms with Gasteiger partial charge in [0.25, 0.3) is 0 Å². The Balaban J connectivity index is 1.51. The minimum Gasteiger partial charge on any atom is -0.352 e. The summed E-state index contributed by atoms with van der Waals surface area (Å²) in [6.45, 7) is 3.09. The van der Waals surface area contributed by atoms with Crippen molar-refractivity contribution < 1.29 is 13.2 Å². The number of rotatable bonds is 6. The van der Waals surface area contributed by atoms with Gasteiger partial charge in [0.05, 0.1) is 4.90 Å². The van der Waals surface area contributed by atoms with Gasteiger partial charge in [-0.2, -0.15) is 4.31 Å². The highest BCUT2D eigenvalue weighted by molar-refractivity contribution is 7.89. The molecule has 2 heterocycles. The van der Waals surface area contributed by atoms with Crippen molar-refractivity contribution in [1.29, 1.82) is 0 Å². The van der Waals surface area contributed by atoms with Crippen molar-refractivity contribution in [3.63, 3.8) is 0 Å². The minimum absolute atomic E-state index is 0.0590. The molecule has 6 nitrogen and oxygen atoms in total. The van der Waals surface area contributed by atoms with Crippen molar-refractivity contribution in [2.45, 2.75) is 55.9 Å². The van der Waals surface area contributed by atoms with Gasteiger partial charge in [-0.15, -0.1) is 0 Å². The number of aryl methyl sites for hydroxylation is 1. The second-order valence-corrected chi connectivity index (χ2v) is 9.16. The monoisotopic (exact) mass is 379 g/mol. The summed E-state index contributed by atoms with van der Waals surface area (Å²) in [5.74, 6) is 0.0590. The molecule has 26 heavy (non-hydrogen) atoms. The summed E-state index contributed by atoms with van der Waals surface area (Å²) < 4.78 is 26.9. The number of sulfonamides is 1. The lowest BCUT2D eigenvalue weighted by molar-refractivity contribution is -0.121. The lowest BCUT2D eigenvalue weighted by Gasteiger charge is -2.25. The van der Waals surface area contributed by atoms with Crippen LogP contribution in [-0.4, -0.2) is 50.9 Å². The third kappa shape index (κ3) is 5.05. The van der Waals surface area contributed by atoms with Gasteiger partial charge in [-0.05, 0) is 56.3 Å². The average molecular weight is 380 g/mol. The predicted octanol–water partition coefficient (Wildman–Crippen LogP) is 1.66. The van der Waals surface area contributed by atoms with E-state index in [2.05, 4.69) is 10.6 Å². The lowest BCUT2D eigenvalue weighted by Crippen LogP contribution is -2.45. The molecular formula is C19H29N3O3S. The zero-order valence-electron chi connectivity index (χ0n) is 15.2. The molecule has 2 saturated heterocycles. The molecule has 0 bridgehead atoms. The SMILES string of the molecule is O=C(CCc1ccc(S(=O)(=O)N2CCCCC2)cc1)N[C@H]1CCCNC1. The zero-order valence-corrected chi connectivity index (χ0v) is 16.1. The maximum atomic E-state index is 12.6. The maximum absolute atomic E-state index is 12.6. The summed E-state index contributed by atoms with van der Waals surface area (Å²) in [5.41, 5.74) is 0.986. The van der Waals surface area contributed by atoms with E-state index in [0.717, 1.165) is 50.8 Å². The molecular weight excluding hydrogens is 350 g/mol. The summed E-state index contributed by atoms with van der Waals surface area (Å²) in [7, 11) is -3.38. The summed E-state index contributed by atoms with van der Waals surface area (Å²) in [4.78, 5) is 12.4. The van der Waals surface area contributed by atoms with Crippen molar-refractivity contribution in [2.24, 2.45) is 0 Å². The van der Waals surface area contributed by atoms with Gasteiger partial charge in [0.2, 0.25) is 15.9 Å². The van der Waals surface area contributed by atoms with Crippen LogP contribution in [0.2, 0.25) is 0 Å². The molecule has 0 unspecified atom stereocenters. The third-order valence-electron chi connectivity index (χ3n) is 5.18. The van der Waals surface area contributed by atoms with Gasteiger partial charge in [0.15, 0.2) is 0 Å². The van der Waals surface area contributed by atoms with Gasteiger partial charge in [-0.25, -0.2) is 8.42 Å². The van der Waals surface area contributed by atoms with E-state index in [1.807, 2.05) is 12.1 Å². The average Bonchev–Trinajstić information content (AvgIpc) is 2.68. The molecule has 2 fully saturated rings. The Kier molecular flexibility index (Phi) is 6.67. The van der Waals surface area contributed by atoms with Crippen LogP contribution in [-0.2, 0) is 21.2 Å². The Morgan fingerprint density at radius 3 is 2.50 bits per heavy atom. The van der Waals surface area contributed by atoms with Crippen LogP contribution >= 0.6 is 0 Å². The van der Waals surface area contributed by atoms with Crippen LogP contribution in [0, 0.1) is 0 Å². The van der Waals surface area contributed by atoms with Gasteiger partial charge in [0, 0.05) is 32.1 Å². The van der Waals surface area contributed by atoms with Crippen molar-refractivity contribution in [1.82, 2.24) is 14.9 Å². The summed E-state index contributed by atoms with van der Waals surface area (Å²) in [5, 5.41) is 6.35. The fourth-order valence-electron chi connectivity index (χ4n) is 3.62. The van der Waals surface area contributed by atoms with E-state index in [4.69, 9.17) is 0 Å². The Labute approximate surface area is 156 Å². The Bertz CT molecular complexity index is 691.